The number of aryl methyl sites for hydroxylation is 3. The van der Waals surface area contributed by atoms with Gasteiger partial charge >= 0.3 is 0 Å². The standard InChI is InChI=1S/C16H21N3O2/c1-12-10-13(2)19(17-12)14-7-8-18(11-14)16(20)6-5-15-4-3-9-21-15/h3-4,9-10,14H,5-8,11H2,1-2H3/t14-/m0/s1. The van der Waals surface area contributed by atoms with Gasteiger partial charge in [0.15, 0.2) is 0 Å². The summed E-state index contributed by atoms with van der Waals surface area (Å²) in [5, 5.41) is 4.54. The molecule has 0 saturated carbocycles. The first kappa shape index (κ1) is 13.9. The molecule has 112 valence electrons. The van der Waals surface area contributed by atoms with Gasteiger partial charge in [-0.25, -0.2) is 0 Å². The number of furan rings is 1. The van der Waals surface area contributed by atoms with Crippen molar-refractivity contribution < 1.29 is 9.21 Å². The van der Waals surface area contributed by atoms with Gasteiger partial charge < -0.3 is 9.32 Å². The van der Waals surface area contributed by atoms with Gasteiger partial charge in [-0.15, -0.1) is 0 Å². The quantitative estimate of drug-likeness (QED) is 0.868. The summed E-state index contributed by atoms with van der Waals surface area (Å²) in [6.45, 7) is 5.66. The van der Waals surface area contributed by atoms with Crippen molar-refractivity contribution in [3.8, 4) is 0 Å². The largest absolute Gasteiger partial charge is 0.469 e. The predicted molar refractivity (Wildman–Crippen MR) is 79.0 cm³/mol. The molecule has 0 radical (unpaired) electrons. The Bertz CT molecular complexity index is 616. The van der Waals surface area contributed by atoms with Crippen LogP contribution >= 0.6 is 0 Å². The Labute approximate surface area is 124 Å². The molecule has 0 aliphatic carbocycles. The summed E-state index contributed by atoms with van der Waals surface area (Å²) < 4.78 is 7.34. The fraction of sp³-hybridized carbons (Fsp3) is 0.500. The molecule has 1 fully saturated rings. The lowest BCUT2D eigenvalue weighted by atomic mass is 10.2. The molecule has 0 spiro atoms. The van der Waals surface area contributed by atoms with E-state index in [1.54, 1.807) is 6.26 Å². The van der Waals surface area contributed by atoms with E-state index in [0.717, 1.165) is 31.0 Å². The second kappa shape index (κ2) is 5.76. The van der Waals surface area contributed by atoms with Crippen molar-refractivity contribution in [1.82, 2.24) is 14.7 Å². The highest BCUT2D eigenvalue weighted by atomic mass is 16.3. The maximum absolute atomic E-state index is 12.3. The number of nitrogens with zero attached hydrogens (tertiary/aromatic N) is 3. The van der Waals surface area contributed by atoms with Crippen LogP contribution in [-0.2, 0) is 11.2 Å². The van der Waals surface area contributed by atoms with Crippen molar-refractivity contribution in [3.63, 3.8) is 0 Å². The number of aromatic nitrogens is 2. The van der Waals surface area contributed by atoms with Crippen molar-refractivity contribution in [2.75, 3.05) is 13.1 Å². The third kappa shape index (κ3) is 3.01. The topological polar surface area (TPSA) is 51.3 Å². The summed E-state index contributed by atoms with van der Waals surface area (Å²) >= 11 is 0. The van der Waals surface area contributed by atoms with Crippen LogP contribution < -0.4 is 0 Å². The second-order valence-electron chi connectivity index (χ2n) is 5.73. The number of carbonyl (C=O) groups excluding carboxylic acids is 1. The van der Waals surface area contributed by atoms with Crippen LogP contribution in [0.2, 0.25) is 0 Å². The Morgan fingerprint density at radius 1 is 1.48 bits per heavy atom. The highest BCUT2D eigenvalue weighted by molar-refractivity contribution is 5.76. The molecular weight excluding hydrogens is 266 g/mol. The summed E-state index contributed by atoms with van der Waals surface area (Å²) in [5.74, 6) is 1.08. The van der Waals surface area contributed by atoms with Crippen molar-refractivity contribution in [3.05, 3.63) is 41.6 Å². The lowest BCUT2D eigenvalue weighted by molar-refractivity contribution is -0.130. The highest BCUT2D eigenvalue weighted by Gasteiger charge is 2.28. The van der Waals surface area contributed by atoms with E-state index in [0.29, 0.717) is 18.9 Å². The van der Waals surface area contributed by atoms with Crippen LogP contribution in [0.15, 0.2) is 28.9 Å². The molecular formula is C16H21N3O2. The van der Waals surface area contributed by atoms with Gasteiger partial charge in [-0.05, 0) is 38.5 Å². The fourth-order valence-electron chi connectivity index (χ4n) is 3.03. The summed E-state index contributed by atoms with van der Waals surface area (Å²) in [6.07, 6.45) is 3.81. The van der Waals surface area contributed by atoms with E-state index >= 15 is 0 Å². The lowest BCUT2D eigenvalue weighted by Crippen LogP contribution is -2.29. The Morgan fingerprint density at radius 3 is 3.00 bits per heavy atom. The van der Waals surface area contributed by atoms with Crippen LogP contribution in [0.1, 0.15) is 36.0 Å². The van der Waals surface area contributed by atoms with E-state index < -0.39 is 0 Å². The Morgan fingerprint density at radius 2 is 2.33 bits per heavy atom. The molecule has 3 heterocycles. The van der Waals surface area contributed by atoms with E-state index in [1.807, 2.05) is 24.0 Å². The zero-order chi connectivity index (χ0) is 14.8. The predicted octanol–water partition coefficient (Wildman–Crippen LogP) is 2.50. The molecule has 5 nitrogen and oxygen atoms in total. The summed E-state index contributed by atoms with van der Waals surface area (Å²) in [6, 6.07) is 6.16. The zero-order valence-electron chi connectivity index (χ0n) is 12.6. The lowest BCUT2D eigenvalue weighted by Gasteiger charge is -2.17. The molecule has 1 aliphatic heterocycles. The summed E-state index contributed by atoms with van der Waals surface area (Å²) in [4.78, 5) is 14.2. The number of carbonyl (C=O) groups is 1. The van der Waals surface area contributed by atoms with E-state index in [1.165, 1.54) is 5.69 Å². The first-order chi connectivity index (χ1) is 10.1. The summed E-state index contributed by atoms with van der Waals surface area (Å²) in [7, 11) is 0. The van der Waals surface area contributed by atoms with Gasteiger partial charge in [0.1, 0.15) is 5.76 Å². The van der Waals surface area contributed by atoms with Crippen molar-refractivity contribution in [1.29, 1.82) is 0 Å². The Balaban J connectivity index is 1.56. The molecule has 21 heavy (non-hydrogen) atoms. The van der Waals surface area contributed by atoms with Crippen molar-refractivity contribution >= 4 is 5.91 Å². The maximum Gasteiger partial charge on any atom is 0.223 e. The van der Waals surface area contributed by atoms with E-state index in [-0.39, 0.29) is 5.91 Å². The van der Waals surface area contributed by atoms with Gasteiger partial charge in [0.25, 0.3) is 0 Å². The first-order valence-corrected chi connectivity index (χ1v) is 7.46. The van der Waals surface area contributed by atoms with E-state index in [9.17, 15) is 4.79 Å². The molecule has 3 rings (SSSR count). The third-order valence-corrected chi connectivity index (χ3v) is 4.07. The van der Waals surface area contributed by atoms with Crippen LogP contribution in [0.5, 0.6) is 0 Å². The normalized spacial score (nSPS) is 18.4. The Kier molecular flexibility index (Phi) is 3.82. The fourth-order valence-corrected chi connectivity index (χ4v) is 3.03. The molecule has 0 aromatic carbocycles. The van der Waals surface area contributed by atoms with Gasteiger partial charge in [0.2, 0.25) is 5.91 Å². The minimum absolute atomic E-state index is 0.204. The minimum Gasteiger partial charge on any atom is -0.469 e. The van der Waals surface area contributed by atoms with Crippen molar-refractivity contribution in [2.24, 2.45) is 0 Å². The molecule has 1 atom stereocenters. The van der Waals surface area contributed by atoms with Gasteiger partial charge in [-0.1, -0.05) is 0 Å². The molecule has 1 aliphatic rings. The molecule has 1 amide bonds. The molecule has 2 aromatic heterocycles. The SMILES string of the molecule is Cc1cc(C)n([C@H]2CCN(C(=O)CCc3ccco3)C2)n1. The molecule has 0 bridgehead atoms. The highest BCUT2D eigenvalue weighted by Crippen LogP contribution is 2.23. The smallest absolute Gasteiger partial charge is 0.223 e. The maximum atomic E-state index is 12.3. The molecule has 0 unspecified atom stereocenters. The molecule has 2 aromatic rings. The van der Waals surface area contributed by atoms with Gasteiger partial charge in [0.05, 0.1) is 18.0 Å². The third-order valence-electron chi connectivity index (χ3n) is 4.07. The van der Waals surface area contributed by atoms with Crippen LogP contribution in [0.3, 0.4) is 0 Å². The minimum atomic E-state index is 0.204. The van der Waals surface area contributed by atoms with Crippen LogP contribution in [0, 0.1) is 13.8 Å². The van der Waals surface area contributed by atoms with E-state index in [4.69, 9.17) is 4.42 Å². The number of rotatable bonds is 4. The van der Waals surface area contributed by atoms with Crippen LogP contribution in [-0.4, -0.2) is 33.7 Å². The van der Waals surface area contributed by atoms with Gasteiger partial charge in [0, 0.05) is 31.6 Å². The van der Waals surface area contributed by atoms with E-state index in [2.05, 4.69) is 22.8 Å². The summed E-state index contributed by atoms with van der Waals surface area (Å²) in [5.41, 5.74) is 2.21. The zero-order valence-corrected chi connectivity index (χ0v) is 12.6. The molecule has 1 saturated heterocycles. The average molecular weight is 287 g/mol. The number of amides is 1. The average Bonchev–Trinajstić information content (AvgIpc) is 3.16. The second-order valence-corrected chi connectivity index (χ2v) is 5.73. The Hall–Kier alpha value is -2.04. The van der Waals surface area contributed by atoms with Gasteiger partial charge in [-0.3, -0.25) is 9.48 Å². The number of likely N-dealkylation sites (tertiary alicyclic amines) is 1. The first-order valence-electron chi connectivity index (χ1n) is 7.46. The van der Waals surface area contributed by atoms with Gasteiger partial charge in [-0.2, -0.15) is 5.10 Å². The molecule has 5 heteroatoms. The van der Waals surface area contributed by atoms with Crippen LogP contribution in [0.4, 0.5) is 0 Å². The van der Waals surface area contributed by atoms with Crippen LogP contribution in [0.25, 0.3) is 0 Å². The van der Waals surface area contributed by atoms with Crippen molar-refractivity contribution in [2.45, 2.75) is 39.2 Å². The molecule has 0 N–H and O–H groups in total. The monoisotopic (exact) mass is 287 g/mol. The number of hydrogen-bond acceptors (Lipinski definition) is 3. The number of hydrogen-bond donors (Lipinski definition) is 0.